The second-order valence-corrected chi connectivity index (χ2v) is 22.7. The first kappa shape index (κ1) is 78.5. The standard InChI is InChI=1S/C77H128O6/c1-4-7-10-13-16-19-22-24-26-28-30-31-32-33-34-35-36-37-38-39-40-41-42-43-44-45-47-48-50-52-55-58-61-64-67-70-76(79)82-73-74(72-81-75(78)69-66-63-60-57-54-21-18-15-12-9-6-3)83-77(80)71-68-65-62-59-56-53-51-49-46-29-27-25-23-20-17-14-11-8-5-2/h7-8,10-11,15-20,24-27,30-31,33-34,46,49,53,56,74H,4-6,9,12-14,21-23,28-29,32,35-45,47-48,50-52,54-55,57-73H2,1-3H3/b10-7-,11-8-,18-15-,19-16-,20-17-,26-24-,27-25-,31-30-,34-33-,49-46-,56-53-. The van der Waals surface area contributed by atoms with E-state index in [0.29, 0.717) is 12.8 Å². The maximum atomic E-state index is 12.9. The van der Waals surface area contributed by atoms with Gasteiger partial charge in [-0.15, -0.1) is 0 Å². The lowest BCUT2D eigenvalue weighted by Crippen LogP contribution is -2.30. The van der Waals surface area contributed by atoms with Crippen molar-refractivity contribution in [3.63, 3.8) is 0 Å². The van der Waals surface area contributed by atoms with Gasteiger partial charge in [-0.25, -0.2) is 0 Å². The summed E-state index contributed by atoms with van der Waals surface area (Å²) in [7, 11) is 0. The number of carbonyl (C=O) groups excluding carboxylic acids is 3. The molecule has 0 aliphatic heterocycles. The Kier molecular flexibility index (Phi) is 66.3. The Labute approximate surface area is 513 Å². The second kappa shape index (κ2) is 70.0. The molecule has 0 amide bonds. The zero-order chi connectivity index (χ0) is 59.9. The zero-order valence-electron chi connectivity index (χ0n) is 54.2. The van der Waals surface area contributed by atoms with E-state index in [9.17, 15) is 14.4 Å². The van der Waals surface area contributed by atoms with Gasteiger partial charge in [-0.1, -0.05) is 302 Å². The van der Waals surface area contributed by atoms with E-state index in [1.54, 1.807) is 0 Å². The number of allylic oxidation sites excluding steroid dienone is 22. The third-order valence-corrected chi connectivity index (χ3v) is 14.6. The Balaban J connectivity index is 4.17. The molecule has 6 nitrogen and oxygen atoms in total. The van der Waals surface area contributed by atoms with Gasteiger partial charge in [-0.3, -0.25) is 14.4 Å². The first-order valence-electron chi connectivity index (χ1n) is 34.7. The van der Waals surface area contributed by atoms with E-state index in [0.717, 1.165) is 141 Å². The fraction of sp³-hybridized carbons (Fsp3) is 0.675. The average Bonchev–Trinajstić information content (AvgIpc) is 3.48. The maximum absolute atomic E-state index is 12.9. The Morgan fingerprint density at radius 2 is 0.470 bits per heavy atom. The molecular weight excluding hydrogens is 1020 g/mol. The summed E-state index contributed by atoms with van der Waals surface area (Å²) >= 11 is 0. The highest BCUT2D eigenvalue weighted by atomic mass is 16.6. The first-order valence-corrected chi connectivity index (χ1v) is 34.7. The van der Waals surface area contributed by atoms with E-state index in [-0.39, 0.29) is 37.5 Å². The third kappa shape index (κ3) is 68.2. The summed E-state index contributed by atoms with van der Waals surface area (Å²) in [5.41, 5.74) is 0. The third-order valence-electron chi connectivity index (χ3n) is 14.6. The highest BCUT2D eigenvalue weighted by Gasteiger charge is 2.19. The van der Waals surface area contributed by atoms with E-state index in [1.807, 2.05) is 0 Å². The minimum Gasteiger partial charge on any atom is -0.462 e. The summed E-state index contributed by atoms with van der Waals surface area (Å²) in [6.45, 7) is 6.36. The Hall–Kier alpha value is -4.45. The van der Waals surface area contributed by atoms with Crippen LogP contribution >= 0.6 is 0 Å². The van der Waals surface area contributed by atoms with E-state index in [4.69, 9.17) is 14.2 Å². The number of rotatable bonds is 62. The van der Waals surface area contributed by atoms with E-state index in [2.05, 4.69) is 154 Å². The van der Waals surface area contributed by atoms with Gasteiger partial charge in [0, 0.05) is 19.3 Å². The summed E-state index contributed by atoms with van der Waals surface area (Å²) in [5, 5.41) is 0. The Morgan fingerprint density at radius 3 is 0.759 bits per heavy atom. The first-order chi connectivity index (χ1) is 41.0. The SMILES string of the molecule is CC/C=C\C/C=C\C/C=C\C/C=C\C/C=C\CCCCCCCCCCCCCCCCCCCCCC(=O)OCC(COC(=O)CCCCCCC/C=C\CCCC)OC(=O)CCCCC/C=C\C/C=C\C/C=C\C/C=C\C/C=C\CC. The molecule has 0 radical (unpaired) electrons. The van der Waals surface area contributed by atoms with Crippen LogP contribution in [-0.4, -0.2) is 37.2 Å². The summed E-state index contributed by atoms with van der Waals surface area (Å²) in [6.07, 6.45) is 99.2. The fourth-order valence-electron chi connectivity index (χ4n) is 9.48. The van der Waals surface area contributed by atoms with Gasteiger partial charge >= 0.3 is 17.9 Å². The molecule has 0 bridgehead atoms. The molecule has 0 saturated carbocycles. The van der Waals surface area contributed by atoms with Crippen LogP contribution in [0.15, 0.2) is 134 Å². The topological polar surface area (TPSA) is 78.9 Å². The van der Waals surface area contributed by atoms with Crippen LogP contribution in [0.4, 0.5) is 0 Å². The molecule has 0 rings (SSSR count). The molecule has 1 unspecified atom stereocenters. The minimum absolute atomic E-state index is 0.0941. The smallest absolute Gasteiger partial charge is 0.306 e. The molecule has 0 heterocycles. The molecule has 0 spiro atoms. The molecule has 1 atom stereocenters. The molecule has 0 aliphatic carbocycles. The second-order valence-electron chi connectivity index (χ2n) is 22.7. The molecule has 6 heteroatoms. The highest BCUT2D eigenvalue weighted by Crippen LogP contribution is 2.17. The maximum Gasteiger partial charge on any atom is 0.306 e. The van der Waals surface area contributed by atoms with Crippen molar-refractivity contribution in [3.8, 4) is 0 Å². The van der Waals surface area contributed by atoms with Crippen molar-refractivity contribution in [3.05, 3.63) is 134 Å². The van der Waals surface area contributed by atoms with E-state index >= 15 is 0 Å². The van der Waals surface area contributed by atoms with Crippen molar-refractivity contribution in [2.75, 3.05) is 13.2 Å². The largest absolute Gasteiger partial charge is 0.462 e. The van der Waals surface area contributed by atoms with E-state index in [1.165, 1.54) is 135 Å². The predicted octanol–water partition coefficient (Wildman–Crippen LogP) is 24.1. The molecule has 0 aromatic heterocycles. The summed E-state index contributed by atoms with van der Waals surface area (Å²) in [6, 6.07) is 0. The molecule has 0 aromatic rings. The lowest BCUT2D eigenvalue weighted by molar-refractivity contribution is -0.167. The van der Waals surface area contributed by atoms with Crippen LogP contribution in [0.2, 0.25) is 0 Å². The van der Waals surface area contributed by atoms with Crippen molar-refractivity contribution in [2.24, 2.45) is 0 Å². The number of esters is 3. The molecule has 0 saturated heterocycles. The van der Waals surface area contributed by atoms with Crippen LogP contribution in [0.5, 0.6) is 0 Å². The van der Waals surface area contributed by atoms with Crippen molar-refractivity contribution in [2.45, 2.75) is 322 Å². The predicted molar refractivity (Wildman–Crippen MR) is 362 cm³/mol. The molecule has 0 aromatic carbocycles. The van der Waals surface area contributed by atoms with Crippen LogP contribution in [0.25, 0.3) is 0 Å². The van der Waals surface area contributed by atoms with Gasteiger partial charge in [-0.2, -0.15) is 0 Å². The number of hydrogen-bond acceptors (Lipinski definition) is 6. The number of hydrogen-bond donors (Lipinski definition) is 0. The van der Waals surface area contributed by atoms with Crippen LogP contribution in [-0.2, 0) is 28.6 Å². The molecule has 0 fully saturated rings. The van der Waals surface area contributed by atoms with Crippen molar-refractivity contribution in [1.29, 1.82) is 0 Å². The summed E-state index contributed by atoms with van der Waals surface area (Å²) in [4.78, 5) is 38.3. The van der Waals surface area contributed by atoms with Gasteiger partial charge in [0.05, 0.1) is 0 Å². The number of unbranched alkanes of at least 4 members (excludes halogenated alkanes) is 29. The van der Waals surface area contributed by atoms with Crippen molar-refractivity contribution < 1.29 is 28.6 Å². The molecule has 0 N–H and O–H groups in total. The molecule has 83 heavy (non-hydrogen) atoms. The van der Waals surface area contributed by atoms with Gasteiger partial charge in [-0.05, 0) is 128 Å². The lowest BCUT2D eigenvalue weighted by atomic mass is 10.0. The monoisotopic (exact) mass is 1150 g/mol. The Morgan fingerprint density at radius 1 is 0.253 bits per heavy atom. The van der Waals surface area contributed by atoms with Gasteiger partial charge < -0.3 is 14.2 Å². The van der Waals surface area contributed by atoms with E-state index < -0.39 is 6.10 Å². The highest BCUT2D eigenvalue weighted by molar-refractivity contribution is 5.71. The number of carbonyl (C=O) groups is 3. The summed E-state index contributed by atoms with van der Waals surface area (Å²) in [5.74, 6) is -0.930. The normalized spacial score (nSPS) is 13.0. The quantitative estimate of drug-likeness (QED) is 0.0261. The molecular formula is C77H128O6. The van der Waals surface area contributed by atoms with Crippen molar-refractivity contribution >= 4 is 17.9 Å². The van der Waals surface area contributed by atoms with Gasteiger partial charge in [0.1, 0.15) is 13.2 Å². The van der Waals surface area contributed by atoms with Gasteiger partial charge in [0.2, 0.25) is 0 Å². The van der Waals surface area contributed by atoms with Gasteiger partial charge in [0.25, 0.3) is 0 Å². The van der Waals surface area contributed by atoms with Crippen LogP contribution in [0.1, 0.15) is 316 Å². The molecule has 472 valence electrons. The Bertz CT molecular complexity index is 1750. The van der Waals surface area contributed by atoms with Gasteiger partial charge in [0.15, 0.2) is 6.10 Å². The van der Waals surface area contributed by atoms with Crippen LogP contribution < -0.4 is 0 Å². The average molecular weight is 1150 g/mol. The minimum atomic E-state index is -0.801. The summed E-state index contributed by atoms with van der Waals surface area (Å²) < 4.78 is 16.9. The number of ether oxygens (including phenoxy) is 3. The van der Waals surface area contributed by atoms with Crippen LogP contribution in [0.3, 0.4) is 0 Å². The molecule has 0 aliphatic rings. The fourth-order valence-corrected chi connectivity index (χ4v) is 9.48. The zero-order valence-corrected chi connectivity index (χ0v) is 54.2. The van der Waals surface area contributed by atoms with Crippen molar-refractivity contribution in [1.82, 2.24) is 0 Å². The lowest BCUT2D eigenvalue weighted by Gasteiger charge is -2.18. The van der Waals surface area contributed by atoms with Crippen LogP contribution in [0, 0.1) is 0 Å².